The van der Waals surface area contributed by atoms with Gasteiger partial charge in [-0.2, -0.15) is 0 Å². The Morgan fingerprint density at radius 3 is 2.36 bits per heavy atom. The normalized spacial score (nSPS) is 14.3. The molecule has 1 aliphatic heterocycles. The molecule has 28 heavy (non-hydrogen) atoms. The van der Waals surface area contributed by atoms with Crippen molar-refractivity contribution in [2.24, 2.45) is 0 Å². The highest BCUT2D eigenvalue weighted by Gasteiger charge is 2.25. The minimum atomic E-state index is -0.555. The molecule has 0 aliphatic carbocycles. The summed E-state index contributed by atoms with van der Waals surface area (Å²) in [6.45, 7) is 3.52. The lowest BCUT2D eigenvalue weighted by atomic mass is 10.1. The topological polar surface area (TPSA) is 66.9 Å². The fraction of sp³-hybridized carbons (Fsp3) is 0.286. The van der Waals surface area contributed by atoms with Crippen molar-refractivity contribution in [3.63, 3.8) is 0 Å². The maximum atomic E-state index is 12.3. The molecule has 1 saturated heterocycles. The highest BCUT2D eigenvalue weighted by Crippen LogP contribution is 2.14. The SMILES string of the molecule is Cc1ccc(/C=C/C(=O)OCC(=O)N2CCN(C(=O)c3cccs3)CC2)cc1. The van der Waals surface area contributed by atoms with E-state index in [9.17, 15) is 14.4 Å². The Morgan fingerprint density at radius 2 is 1.71 bits per heavy atom. The number of piperazine rings is 1. The molecule has 146 valence electrons. The molecule has 1 aromatic heterocycles. The quantitative estimate of drug-likeness (QED) is 0.574. The molecule has 7 heteroatoms. The molecule has 0 unspecified atom stereocenters. The summed E-state index contributed by atoms with van der Waals surface area (Å²) < 4.78 is 5.04. The summed E-state index contributed by atoms with van der Waals surface area (Å²) >= 11 is 1.41. The Labute approximate surface area is 168 Å². The molecule has 3 rings (SSSR count). The van der Waals surface area contributed by atoms with Gasteiger partial charge in [0.05, 0.1) is 4.88 Å². The molecule has 0 atom stereocenters. The van der Waals surface area contributed by atoms with E-state index in [0.717, 1.165) is 11.1 Å². The van der Waals surface area contributed by atoms with Crippen LogP contribution in [0.3, 0.4) is 0 Å². The molecule has 0 radical (unpaired) electrons. The fourth-order valence-electron chi connectivity index (χ4n) is 2.83. The van der Waals surface area contributed by atoms with E-state index in [1.807, 2.05) is 42.6 Å². The van der Waals surface area contributed by atoms with Gasteiger partial charge in [-0.1, -0.05) is 35.9 Å². The van der Waals surface area contributed by atoms with Crippen LogP contribution in [0.5, 0.6) is 0 Å². The molecule has 6 nitrogen and oxygen atoms in total. The van der Waals surface area contributed by atoms with Crippen LogP contribution < -0.4 is 0 Å². The van der Waals surface area contributed by atoms with Crippen molar-refractivity contribution in [1.82, 2.24) is 9.80 Å². The van der Waals surface area contributed by atoms with Crippen LogP contribution in [0.4, 0.5) is 0 Å². The second kappa shape index (κ2) is 9.32. The van der Waals surface area contributed by atoms with Crippen LogP contribution in [0.1, 0.15) is 20.8 Å². The van der Waals surface area contributed by atoms with Crippen molar-refractivity contribution in [2.75, 3.05) is 32.8 Å². The molecule has 0 bridgehead atoms. The first-order valence-corrected chi connectivity index (χ1v) is 9.93. The minimum Gasteiger partial charge on any atom is -0.452 e. The predicted octanol–water partition coefficient (Wildman–Crippen LogP) is 2.60. The van der Waals surface area contributed by atoms with E-state index < -0.39 is 5.97 Å². The lowest BCUT2D eigenvalue weighted by molar-refractivity contribution is -0.148. The summed E-state index contributed by atoms with van der Waals surface area (Å²) in [6.07, 6.45) is 2.97. The van der Waals surface area contributed by atoms with Crippen molar-refractivity contribution in [3.8, 4) is 0 Å². The summed E-state index contributed by atoms with van der Waals surface area (Å²) in [7, 11) is 0. The number of carbonyl (C=O) groups excluding carboxylic acids is 3. The van der Waals surface area contributed by atoms with Crippen LogP contribution in [0, 0.1) is 6.92 Å². The highest BCUT2D eigenvalue weighted by molar-refractivity contribution is 7.12. The summed E-state index contributed by atoms with van der Waals surface area (Å²) in [5.74, 6) is -0.810. The number of carbonyl (C=O) groups is 3. The third-order valence-corrected chi connectivity index (χ3v) is 5.34. The van der Waals surface area contributed by atoms with Crippen LogP contribution in [0.2, 0.25) is 0 Å². The fourth-order valence-corrected chi connectivity index (χ4v) is 3.52. The van der Waals surface area contributed by atoms with Crippen molar-refractivity contribution in [2.45, 2.75) is 6.92 Å². The molecule has 0 spiro atoms. The minimum absolute atomic E-state index is 0.00484. The number of rotatable bonds is 5. The molecule has 0 saturated carbocycles. The van der Waals surface area contributed by atoms with Crippen LogP contribution in [-0.2, 0) is 14.3 Å². The van der Waals surface area contributed by atoms with Crippen LogP contribution >= 0.6 is 11.3 Å². The van der Waals surface area contributed by atoms with Crippen LogP contribution in [0.15, 0.2) is 47.9 Å². The average Bonchev–Trinajstić information content (AvgIpc) is 3.26. The second-order valence-corrected chi connectivity index (χ2v) is 7.45. The average molecular weight is 398 g/mol. The number of aryl methyl sites for hydroxylation is 1. The largest absolute Gasteiger partial charge is 0.452 e. The highest BCUT2D eigenvalue weighted by atomic mass is 32.1. The van der Waals surface area contributed by atoms with E-state index in [4.69, 9.17) is 4.74 Å². The lowest BCUT2D eigenvalue weighted by Crippen LogP contribution is -2.51. The third kappa shape index (κ3) is 5.29. The van der Waals surface area contributed by atoms with Gasteiger partial charge in [0.1, 0.15) is 0 Å². The first kappa shape index (κ1) is 19.8. The Hall–Kier alpha value is -2.93. The third-order valence-electron chi connectivity index (χ3n) is 4.48. The Morgan fingerprint density at radius 1 is 1.04 bits per heavy atom. The van der Waals surface area contributed by atoms with E-state index in [0.29, 0.717) is 31.1 Å². The number of hydrogen-bond donors (Lipinski definition) is 0. The smallest absolute Gasteiger partial charge is 0.331 e. The summed E-state index contributed by atoms with van der Waals surface area (Å²) in [6, 6.07) is 11.4. The van der Waals surface area contributed by atoms with Gasteiger partial charge >= 0.3 is 5.97 Å². The maximum absolute atomic E-state index is 12.3. The number of esters is 1. The molecule has 1 aromatic carbocycles. The van der Waals surface area contributed by atoms with Crippen molar-refractivity contribution < 1.29 is 19.1 Å². The van der Waals surface area contributed by atoms with Gasteiger partial charge in [0.2, 0.25) is 0 Å². The standard InChI is InChI=1S/C21H22N2O4S/c1-16-4-6-17(7-5-16)8-9-20(25)27-15-19(24)22-10-12-23(13-11-22)21(26)18-3-2-14-28-18/h2-9,14H,10-13,15H2,1H3/b9-8+. The molecule has 2 amide bonds. The number of amides is 2. The zero-order chi connectivity index (χ0) is 19.9. The first-order valence-electron chi connectivity index (χ1n) is 9.05. The van der Waals surface area contributed by atoms with Gasteiger partial charge in [-0.05, 0) is 30.0 Å². The van der Waals surface area contributed by atoms with Crippen LogP contribution in [0.25, 0.3) is 6.08 Å². The van der Waals surface area contributed by atoms with E-state index in [1.54, 1.807) is 21.9 Å². The van der Waals surface area contributed by atoms with Crippen molar-refractivity contribution in [3.05, 3.63) is 63.9 Å². The molecular formula is C21H22N2O4S. The number of hydrogen-bond acceptors (Lipinski definition) is 5. The Bertz CT molecular complexity index is 851. The molecule has 0 N–H and O–H groups in total. The zero-order valence-electron chi connectivity index (χ0n) is 15.7. The van der Waals surface area contributed by atoms with Gasteiger partial charge in [0, 0.05) is 32.3 Å². The zero-order valence-corrected chi connectivity index (χ0v) is 16.5. The molecule has 2 heterocycles. The monoisotopic (exact) mass is 398 g/mol. The second-order valence-electron chi connectivity index (χ2n) is 6.50. The first-order chi connectivity index (χ1) is 13.5. The van der Waals surface area contributed by atoms with Gasteiger partial charge in [-0.3, -0.25) is 9.59 Å². The van der Waals surface area contributed by atoms with Gasteiger partial charge < -0.3 is 14.5 Å². The number of ether oxygens (including phenoxy) is 1. The summed E-state index contributed by atoms with van der Waals surface area (Å²) in [4.78, 5) is 40.4. The van der Waals surface area contributed by atoms with Crippen molar-refractivity contribution in [1.29, 1.82) is 0 Å². The molecule has 2 aromatic rings. The Kier molecular flexibility index (Phi) is 6.60. The van der Waals surface area contributed by atoms with Gasteiger partial charge in [0.25, 0.3) is 11.8 Å². The van der Waals surface area contributed by atoms with Gasteiger partial charge in [-0.25, -0.2) is 4.79 Å². The van der Waals surface area contributed by atoms with E-state index in [1.165, 1.54) is 17.4 Å². The number of thiophene rings is 1. The lowest BCUT2D eigenvalue weighted by Gasteiger charge is -2.34. The summed E-state index contributed by atoms with van der Waals surface area (Å²) in [5.41, 5.74) is 2.03. The number of nitrogens with zero attached hydrogens (tertiary/aromatic N) is 2. The van der Waals surface area contributed by atoms with E-state index in [-0.39, 0.29) is 18.4 Å². The van der Waals surface area contributed by atoms with E-state index in [2.05, 4.69) is 0 Å². The molecular weight excluding hydrogens is 376 g/mol. The molecule has 1 fully saturated rings. The molecule has 1 aliphatic rings. The van der Waals surface area contributed by atoms with Crippen molar-refractivity contribution >= 4 is 35.2 Å². The van der Waals surface area contributed by atoms with Crippen LogP contribution in [-0.4, -0.2) is 60.4 Å². The maximum Gasteiger partial charge on any atom is 0.331 e. The van der Waals surface area contributed by atoms with Gasteiger partial charge in [-0.15, -0.1) is 11.3 Å². The van der Waals surface area contributed by atoms with E-state index >= 15 is 0 Å². The number of benzene rings is 1. The predicted molar refractivity (Wildman–Crippen MR) is 108 cm³/mol. The van der Waals surface area contributed by atoms with Gasteiger partial charge in [0.15, 0.2) is 6.61 Å². The summed E-state index contributed by atoms with van der Waals surface area (Å²) in [5, 5.41) is 1.87. The Balaban J connectivity index is 1.41.